The van der Waals surface area contributed by atoms with Gasteiger partial charge < -0.3 is 9.84 Å². The van der Waals surface area contributed by atoms with Gasteiger partial charge in [0.15, 0.2) is 6.04 Å². The van der Waals surface area contributed by atoms with Crippen LogP contribution < -0.4 is 0 Å². The van der Waals surface area contributed by atoms with Crippen molar-refractivity contribution in [1.29, 1.82) is 0 Å². The number of hydrogen-bond acceptors (Lipinski definition) is 3. The first-order valence-corrected chi connectivity index (χ1v) is 4.77. The summed E-state index contributed by atoms with van der Waals surface area (Å²) in [5.74, 6) is 0. The van der Waals surface area contributed by atoms with Crippen molar-refractivity contribution in [2.24, 2.45) is 0 Å². The number of halogens is 3. The molecule has 0 aromatic rings. The minimum absolute atomic E-state index is 0.348. The fraction of sp³-hybridized carbons (Fsp3) is 0.889. The third kappa shape index (κ3) is 2.78. The molecule has 2 atom stereocenters. The lowest BCUT2D eigenvalue weighted by atomic mass is 10.00. The predicted octanol–water partition coefficient (Wildman–Crippen LogP) is 1.53. The summed E-state index contributed by atoms with van der Waals surface area (Å²) in [4.78, 5) is 11.8. The maximum absolute atomic E-state index is 12.4. The Balaban J connectivity index is 2.66. The minimum Gasteiger partial charge on any atom is -0.444 e. The molecule has 1 heterocycles. The highest BCUT2D eigenvalue weighted by atomic mass is 19.4. The number of β-amino-alcohol motifs (C(OH)–C–C–N with tert-alkyl or cyclic N) is 1. The molecule has 0 unspecified atom stereocenters. The first kappa shape index (κ1) is 13.1. The van der Waals surface area contributed by atoms with Gasteiger partial charge in [0, 0.05) is 0 Å². The fourth-order valence-electron chi connectivity index (χ4n) is 1.39. The topological polar surface area (TPSA) is 49.8 Å². The number of carbonyl (C=O) groups excluding carboxylic acids is 1. The summed E-state index contributed by atoms with van der Waals surface area (Å²) >= 11 is 0. The van der Waals surface area contributed by atoms with Crippen LogP contribution in [0.1, 0.15) is 20.8 Å². The Morgan fingerprint density at radius 3 is 2.19 bits per heavy atom. The summed E-state index contributed by atoms with van der Waals surface area (Å²) in [6.45, 7) is 4.33. The molecule has 1 aliphatic heterocycles. The van der Waals surface area contributed by atoms with Gasteiger partial charge in [0.25, 0.3) is 0 Å². The molecule has 0 bridgehead atoms. The smallest absolute Gasteiger partial charge is 0.411 e. The Labute approximate surface area is 91.0 Å². The number of nitrogens with zero attached hydrogens (tertiary/aromatic N) is 1. The van der Waals surface area contributed by atoms with E-state index < -0.39 is 30.0 Å². The van der Waals surface area contributed by atoms with Crippen molar-refractivity contribution in [2.45, 2.75) is 44.7 Å². The van der Waals surface area contributed by atoms with Crippen molar-refractivity contribution >= 4 is 6.09 Å². The molecule has 16 heavy (non-hydrogen) atoms. The van der Waals surface area contributed by atoms with E-state index in [9.17, 15) is 18.0 Å². The molecule has 7 heteroatoms. The van der Waals surface area contributed by atoms with Crippen LogP contribution in [-0.4, -0.2) is 46.6 Å². The molecule has 0 aromatic carbocycles. The van der Waals surface area contributed by atoms with Gasteiger partial charge in [-0.15, -0.1) is 0 Å². The van der Waals surface area contributed by atoms with E-state index in [1.54, 1.807) is 20.8 Å². The minimum atomic E-state index is -4.63. The zero-order valence-corrected chi connectivity index (χ0v) is 9.21. The monoisotopic (exact) mass is 241 g/mol. The van der Waals surface area contributed by atoms with Gasteiger partial charge in [-0.3, -0.25) is 4.90 Å². The fourth-order valence-corrected chi connectivity index (χ4v) is 1.39. The Bertz CT molecular complexity index is 285. The number of likely N-dealkylation sites (tertiary alicyclic amines) is 1. The molecular formula is C9H14F3NO3. The molecule has 1 saturated heterocycles. The number of alkyl halides is 3. The summed E-state index contributed by atoms with van der Waals surface area (Å²) < 4.78 is 41.9. The van der Waals surface area contributed by atoms with E-state index in [2.05, 4.69) is 0 Å². The van der Waals surface area contributed by atoms with Crippen molar-refractivity contribution in [3.05, 3.63) is 0 Å². The van der Waals surface area contributed by atoms with E-state index in [0.717, 1.165) is 0 Å². The first-order chi connectivity index (χ1) is 7.02. The highest BCUT2D eigenvalue weighted by Gasteiger charge is 2.57. The SMILES string of the molecule is CC(C)(C)OC(=O)N1C[C@H](O)[C@@H]1C(F)(F)F. The molecule has 0 saturated carbocycles. The molecule has 0 spiro atoms. The lowest BCUT2D eigenvalue weighted by Gasteiger charge is -2.45. The summed E-state index contributed by atoms with van der Waals surface area (Å²) in [5.41, 5.74) is -0.853. The van der Waals surface area contributed by atoms with E-state index in [1.807, 2.05) is 0 Å². The zero-order valence-electron chi connectivity index (χ0n) is 9.21. The standard InChI is InChI=1S/C9H14F3NO3/c1-8(2,3)16-7(15)13-4-5(14)6(13)9(10,11)12/h5-6,14H,4H2,1-3H3/t5-,6+/m0/s1. The highest BCUT2D eigenvalue weighted by Crippen LogP contribution is 2.34. The molecule has 0 aliphatic carbocycles. The van der Waals surface area contributed by atoms with Crippen molar-refractivity contribution in [3.8, 4) is 0 Å². The second kappa shape index (κ2) is 3.80. The van der Waals surface area contributed by atoms with E-state index in [-0.39, 0.29) is 6.54 Å². The van der Waals surface area contributed by atoms with Gasteiger partial charge >= 0.3 is 12.3 Å². The van der Waals surface area contributed by atoms with Crippen molar-refractivity contribution in [3.63, 3.8) is 0 Å². The van der Waals surface area contributed by atoms with Gasteiger partial charge in [-0.1, -0.05) is 0 Å². The van der Waals surface area contributed by atoms with E-state index in [4.69, 9.17) is 9.84 Å². The normalized spacial score (nSPS) is 26.3. The zero-order chi connectivity index (χ0) is 12.7. The molecule has 1 aliphatic rings. The number of hydrogen-bond donors (Lipinski definition) is 1. The first-order valence-electron chi connectivity index (χ1n) is 4.77. The van der Waals surface area contributed by atoms with E-state index in [0.29, 0.717) is 4.90 Å². The van der Waals surface area contributed by atoms with Crippen LogP contribution in [0.25, 0.3) is 0 Å². The van der Waals surface area contributed by atoms with Crippen LogP contribution >= 0.6 is 0 Å². The Hall–Kier alpha value is -0.980. The Morgan fingerprint density at radius 1 is 1.38 bits per heavy atom. The average molecular weight is 241 g/mol. The summed E-state index contributed by atoms with van der Waals surface area (Å²) in [7, 11) is 0. The summed E-state index contributed by atoms with van der Waals surface area (Å²) in [6, 6.07) is -2.15. The molecule has 94 valence electrons. The van der Waals surface area contributed by atoms with Crippen LogP contribution in [0.2, 0.25) is 0 Å². The highest BCUT2D eigenvalue weighted by molar-refractivity contribution is 5.70. The third-order valence-corrected chi connectivity index (χ3v) is 2.05. The summed E-state index contributed by atoms with van der Waals surface area (Å²) in [6.07, 6.45) is -7.25. The van der Waals surface area contributed by atoms with Crippen LogP contribution in [0.15, 0.2) is 0 Å². The van der Waals surface area contributed by atoms with Gasteiger partial charge in [0.2, 0.25) is 0 Å². The molecule has 0 radical (unpaired) electrons. The maximum atomic E-state index is 12.4. The van der Waals surface area contributed by atoms with Crippen molar-refractivity contribution in [2.75, 3.05) is 6.54 Å². The van der Waals surface area contributed by atoms with Crippen LogP contribution in [0.5, 0.6) is 0 Å². The molecule has 1 rings (SSSR count). The lowest BCUT2D eigenvalue weighted by Crippen LogP contribution is -2.68. The van der Waals surface area contributed by atoms with Gasteiger partial charge in [-0.25, -0.2) is 4.79 Å². The largest absolute Gasteiger partial charge is 0.444 e. The average Bonchev–Trinajstić information content (AvgIpc) is 1.92. The van der Waals surface area contributed by atoms with Gasteiger partial charge in [-0.2, -0.15) is 13.2 Å². The summed E-state index contributed by atoms with van der Waals surface area (Å²) in [5, 5.41) is 8.99. The van der Waals surface area contributed by atoms with Crippen LogP contribution in [0.3, 0.4) is 0 Å². The predicted molar refractivity (Wildman–Crippen MR) is 48.8 cm³/mol. The lowest BCUT2D eigenvalue weighted by molar-refractivity contribution is -0.239. The number of ether oxygens (including phenoxy) is 1. The van der Waals surface area contributed by atoms with Gasteiger partial charge in [0.05, 0.1) is 6.54 Å². The molecule has 1 N–H and O–H groups in total. The number of rotatable bonds is 0. The molecule has 0 aromatic heterocycles. The van der Waals surface area contributed by atoms with Crippen LogP contribution in [-0.2, 0) is 4.74 Å². The van der Waals surface area contributed by atoms with Crippen LogP contribution in [0, 0.1) is 0 Å². The maximum Gasteiger partial charge on any atom is 0.411 e. The Kier molecular flexibility index (Phi) is 3.11. The van der Waals surface area contributed by atoms with Crippen molar-refractivity contribution in [1.82, 2.24) is 4.90 Å². The quantitative estimate of drug-likeness (QED) is 0.699. The molecular weight excluding hydrogens is 227 g/mol. The van der Waals surface area contributed by atoms with Gasteiger partial charge in [0.1, 0.15) is 11.7 Å². The number of aliphatic hydroxyl groups excluding tert-OH is 1. The molecule has 1 amide bonds. The van der Waals surface area contributed by atoms with E-state index in [1.165, 1.54) is 0 Å². The van der Waals surface area contributed by atoms with Gasteiger partial charge in [-0.05, 0) is 20.8 Å². The second-order valence-corrected chi connectivity index (χ2v) is 4.69. The van der Waals surface area contributed by atoms with Crippen molar-refractivity contribution < 1.29 is 27.8 Å². The molecule has 4 nitrogen and oxygen atoms in total. The number of carbonyl (C=O) groups is 1. The third-order valence-electron chi connectivity index (χ3n) is 2.05. The second-order valence-electron chi connectivity index (χ2n) is 4.69. The molecule has 1 fully saturated rings. The number of amides is 1. The number of aliphatic hydroxyl groups is 1. The Morgan fingerprint density at radius 2 is 1.88 bits per heavy atom. The van der Waals surface area contributed by atoms with E-state index >= 15 is 0 Å². The van der Waals surface area contributed by atoms with Crippen LogP contribution in [0.4, 0.5) is 18.0 Å².